The van der Waals surface area contributed by atoms with Crippen LogP contribution < -0.4 is 14.8 Å². The summed E-state index contributed by atoms with van der Waals surface area (Å²) in [6, 6.07) is 15.3. The van der Waals surface area contributed by atoms with E-state index in [-0.39, 0.29) is 11.8 Å². The normalized spacial score (nSPS) is 14.2. The molecule has 1 saturated heterocycles. The van der Waals surface area contributed by atoms with Gasteiger partial charge in [-0.2, -0.15) is 0 Å². The maximum absolute atomic E-state index is 12.5. The van der Waals surface area contributed by atoms with Crippen LogP contribution in [-0.4, -0.2) is 50.6 Å². The number of nitrogens with zero attached hydrogens (tertiary/aromatic N) is 1. The molecule has 1 aliphatic heterocycles. The molecule has 0 unspecified atom stereocenters. The van der Waals surface area contributed by atoms with Crippen LogP contribution in [0.5, 0.6) is 11.5 Å². The first-order valence-electron chi connectivity index (χ1n) is 10.9. The fourth-order valence-electron chi connectivity index (χ4n) is 4.00. The molecule has 3 rings (SSSR count). The summed E-state index contributed by atoms with van der Waals surface area (Å²) in [5.74, 6) is 1.95. The summed E-state index contributed by atoms with van der Waals surface area (Å²) < 4.78 is 10.4. The monoisotopic (exact) mass is 424 g/mol. The number of rotatable bonds is 9. The van der Waals surface area contributed by atoms with Crippen molar-refractivity contribution in [2.75, 3.05) is 33.9 Å². The summed E-state index contributed by atoms with van der Waals surface area (Å²) in [5.41, 5.74) is 1.81. The van der Waals surface area contributed by atoms with Gasteiger partial charge in [0.25, 0.3) is 5.91 Å². The van der Waals surface area contributed by atoms with Crippen LogP contribution >= 0.6 is 0 Å². The number of nitrogens with one attached hydrogen (secondary N) is 1. The van der Waals surface area contributed by atoms with Gasteiger partial charge in [0.1, 0.15) is 11.5 Å². The number of hydrogen-bond donors (Lipinski definition) is 1. The third-order valence-electron chi connectivity index (χ3n) is 5.94. The number of carbonyl (C=O) groups is 2. The first-order valence-corrected chi connectivity index (χ1v) is 10.9. The molecule has 2 amide bonds. The van der Waals surface area contributed by atoms with E-state index >= 15 is 0 Å². The average Bonchev–Trinajstić information content (AvgIpc) is 2.83. The lowest BCUT2D eigenvalue weighted by atomic mass is 9.90. The van der Waals surface area contributed by atoms with Crippen LogP contribution in [0.3, 0.4) is 0 Å². The van der Waals surface area contributed by atoms with Gasteiger partial charge in [-0.1, -0.05) is 24.3 Å². The van der Waals surface area contributed by atoms with Crippen molar-refractivity contribution in [3.63, 3.8) is 0 Å². The van der Waals surface area contributed by atoms with E-state index in [2.05, 4.69) is 17.4 Å². The summed E-state index contributed by atoms with van der Waals surface area (Å²) in [6.07, 6.45) is 4.59. The van der Waals surface area contributed by atoms with E-state index in [1.165, 1.54) is 12.7 Å². The summed E-state index contributed by atoms with van der Waals surface area (Å²) in [6.45, 7) is 1.92. The second kappa shape index (κ2) is 11.4. The van der Waals surface area contributed by atoms with Gasteiger partial charge in [-0.25, -0.2) is 0 Å². The predicted octanol–water partition coefficient (Wildman–Crippen LogP) is 3.70. The Labute approximate surface area is 184 Å². The Morgan fingerprint density at radius 1 is 1.00 bits per heavy atom. The molecule has 1 heterocycles. The minimum Gasteiger partial charge on any atom is -0.497 e. The SMILES string of the molecule is COc1ccc(CCC2CCN(C(=O)CCNC(=O)c3ccccc3OC)CC2)cc1. The van der Waals surface area contributed by atoms with Crippen molar-refractivity contribution in [1.29, 1.82) is 0 Å². The van der Waals surface area contributed by atoms with Crippen molar-refractivity contribution in [3.05, 3.63) is 59.7 Å². The highest BCUT2D eigenvalue weighted by Gasteiger charge is 2.22. The molecule has 166 valence electrons. The number of likely N-dealkylation sites (tertiary alicyclic amines) is 1. The molecular formula is C25H32N2O4. The lowest BCUT2D eigenvalue weighted by molar-refractivity contribution is -0.132. The van der Waals surface area contributed by atoms with Crippen molar-refractivity contribution in [2.45, 2.75) is 32.1 Å². The Bertz CT molecular complexity index is 858. The maximum Gasteiger partial charge on any atom is 0.255 e. The molecule has 0 atom stereocenters. The van der Waals surface area contributed by atoms with Gasteiger partial charge in [0.15, 0.2) is 0 Å². The molecule has 2 aromatic carbocycles. The molecule has 0 saturated carbocycles. The second-order valence-corrected chi connectivity index (χ2v) is 7.92. The fraction of sp³-hybridized carbons (Fsp3) is 0.440. The second-order valence-electron chi connectivity index (χ2n) is 7.92. The van der Waals surface area contributed by atoms with Gasteiger partial charge in [0.05, 0.1) is 19.8 Å². The van der Waals surface area contributed by atoms with Gasteiger partial charge in [-0.15, -0.1) is 0 Å². The zero-order chi connectivity index (χ0) is 22.1. The van der Waals surface area contributed by atoms with Gasteiger partial charge in [-0.05, 0) is 61.4 Å². The zero-order valence-electron chi connectivity index (χ0n) is 18.4. The largest absolute Gasteiger partial charge is 0.497 e. The highest BCUT2D eigenvalue weighted by molar-refractivity contribution is 5.97. The van der Waals surface area contributed by atoms with Crippen molar-refractivity contribution in [2.24, 2.45) is 5.92 Å². The number of ether oxygens (including phenoxy) is 2. The number of methoxy groups -OCH3 is 2. The first-order chi connectivity index (χ1) is 15.1. The highest BCUT2D eigenvalue weighted by Crippen LogP contribution is 2.23. The van der Waals surface area contributed by atoms with E-state index in [1.807, 2.05) is 23.1 Å². The molecule has 0 radical (unpaired) electrons. The third kappa shape index (κ3) is 6.48. The summed E-state index contributed by atoms with van der Waals surface area (Å²) in [4.78, 5) is 26.8. The lowest BCUT2D eigenvalue weighted by Gasteiger charge is -2.32. The minimum atomic E-state index is -0.220. The molecule has 31 heavy (non-hydrogen) atoms. The predicted molar refractivity (Wildman–Crippen MR) is 121 cm³/mol. The van der Waals surface area contributed by atoms with E-state index in [4.69, 9.17) is 9.47 Å². The van der Waals surface area contributed by atoms with Gasteiger partial charge >= 0.3 is 0 Å². The smallest absolute Gasteiger partial charge is 0.255 e. The molecule has 1 N–H and O–H groups in total. The van der Waals surface area contributed by atoms with E-state index in [0.29, 0.717) is 30.2 Å². The van der Waals surface area contributed by atoms with Crippen molar-refractivity contribution < 1.29 is 19.1 Å². The molecule has 0 aromatic heterocycles. The molecule has 0 spiro atoms. The van der Waals surface area contributed by atoms with Crippen LogP contribution in [0.1, 0.15) is 41.6 Å². The number of para-hydroxylation sites is 1. The topological polar surface area (TPSA) is 67.9 Å². The van der Waals surface area contributed by atoms with E-state index in [0.717, 1.165) is 44.5 Å². The Hall–Kier alpha value is -3.02. The first kappa shape index (κ1) is 22.7. The van der Waals surface area contributed by atoms with Crippen LogP contribution in [0.2, 0.25) is 0 Å². The number of carbonyl (C=O) groups excluding carboxylic acids is 2. The fourth-order valence-corrected chi connectivity index (χ4v) is 4.00. The van der Waals surface area contributed by atoms with Gasteiger partial charge < -0.3 is 19.7 Å². The molecule has 6 nitrogen and oxygen atoms in total. The standard InChI is InChI=1S/C25H32N2O4/c1-30-21-11-9-19(10-12-21)7-8-20-14-17-27(18-15-20)24(28)13-16-26-25(29)22-5-3-4-6-23(22)31-2/h3-6,9-12,20H,7-8,13-18H2,1-2H3,(H,26,29). The zero-order valence-corrected chi connectivity index (χ0v) is 18.4. The molecule has 0 aliphatic carbocycles. The summed E-state index contributed by atoms with van der Waals surface area (Å²) >= 11 is 0. The minimum absolute atomic E-state index is 0.105. The molecule has 2 aromatic rings. The van der Waals surface area contributed by atoms with Crippen molar-refractivity contribution >= 4 is 11.8 Å². The average molecular weight is 425 g/mol. The van der Waals surface area contributed by atoms with E-state index in [1.54, 1.807) is 25.3 Å². The van der Waals surface area contributed by atoms with Gasteiger partial charge in [0, 0.05) is 26.1 Å². The molecular weight excluding hydrogens is 392 g/mol. The molecule has 1 fully saturated rings. The van der Waals surface area contributed by atoms with Crippen LogP contribution in [0.25, 0.3) is 0 Å². The Kier molecular flexibility index (Phi) is 8.33. The third-order valence-corrected chi connectivity index (χ3v) is 5.94. The maximum atomic E-state index is 12.5. The van der Waals surface area contributed by atoms with Gasteiger partial charge in [0.2, 0.25) is 5.91 Å². The summed E-state index contributed by atoms with van der Waals surface area (Å²) in [7, 11) is 3.22. The Balaban J connectivity index is 1.35. The van der Waals surface area contributed by atoms with Crippen molar-refractivity contribution in [1.82, 2.24) is 10.2 Å². The molecule has 6 heteroatoms. The van der Waals surface area contributed by atoms with Crippen LogP contribution in [-0.2, 0) is 11.2 Å². The number of piperidine rings is 1. The number of aryl methyl sites for hydroxylation is 1. The van der Waals surface area contributed by atoms with Crippen LogP contribution in [0, 0.1) is 5.92 Å². The summed E-state index contributed by atoms with van der Waals surface area (Å²) in [5, 5.41) is 2.82. The Morgan fingerprint density at radius 3 is 2.39 bits per heavy atom. The Morgan fingerprint density at radius 2 is 1.71 bits per heavy atom. The van der Waals surface area contributed by atoms with Crippen molar-refractivity contribution in [3.8, 4) is 11.5 Å². The van der Waals surface area contributed by atoms with Crippen LogP contribution in [0.4, 0.5) is 0 Å². The van der Waals surface area contributed by atoms with Crippen LogP contribution in [0.15, 0.2) is 48.5 Å². The number of amides is 2. The molecule has 1 aliphatic rings. The van der Waals surface area contributed by atoms with E-state index in [9.17, 15) is 9.59 Å². The quantitative estimate of drug-likeness (QED) is 0.667. The number of benzene rings is 2. The van der Waals surface area contributed by atoms with Gasteiger partial charge in [-0.3, -0.25) is 9.59 Å². The van der Waals surface area contributed by atoms with E-state index < -0.39 is 0 Å². The lowest BCUT2D eigenvalue weighted by Crippen LogP contribution is -2.40. The number of hydrogen-bond acceptors (Lipinski definition) is 4. The highest BCUT2D eigenvalue weighted by atomic mass is 16.5. The molecule has 0 bridgehead atoms.